The highest BCUT2D eigenvalue weighted by atomic mass is 19.1. The van der Waals surface area contributed by atoms with Gasteiger partial charge in [0.2, 0.25) is 0 Å². The van der Waals surface area contributed by atoms with Gasteiger partial charge < -0.3 is 10.1 Å². The Bertz CT molecular complexity index is 1590. The summed E-state index contributed by atoms with van der Waals surface area (Å²) in [7, 11) is 0. The summed E-state index contributed by atoms with van der Waals surface area (Å²) >= 11 is 0. The van der Waals surface area contributed by atoms with Gasteiger partial charge >= 0.3 is 0 Å². The number of pyridine rings is 3. The van der Waals surface area contributed by atoms with E-state index in [1.54, 1.807) is 30.9 Å². The van der Waals surface area contributed by atoms with E-state index in [9.17, 15) is 9.50 Å². The van der Waals surface area contributed by atoms with Crippen molar-refractivity contribution in [3.8, 4) is 39.5 Å². The summed E-state index contributed by atoms with van der Waals surface area (Å²) in [4.78, 5) is 16.3. The van der Waals surface area contributed by atoms with Crippen molar-refractivity contribution in [3.05, 3.63) is 79.1 Å². The summed E-state index contributed by atoms with van der Waals surface area (Å²) in [5.41, 5.74) is 6.03. The van der Waals surface area contributed by atoms with Gasteiger partial charge in [-0.15, -0.1) is 0 Å². The Hall–Kier alpha value is -4.59. The molecule has 8 heteroatoms. The first-order chi connectivity index (χ1) is 15.7. The fraction of sp³-hybridized carbons (Fsp3) is 0. The third-order valence-electron chi connectivity index (χ3n) is 5.40. The zero-order valence-corrected chi connectivity index (χ0v) is 16.5. The summed E-state index contributed by atoms with van der Waals surface area (Å²) in [5.74, 6) is -0.634. The van der Waals surface area contributed by atoms with Crippen LogP contribution in [0.25, 0.3) is 55.7 Å². The summed E-state index contributed by atoms with van der Waals surface area (Å²) in [6, 6.07) is 13.5. The van der Waals surface area contributed by atoms with Crippen molar-refractivity contribution in [2.24, 2.45) is 0 Å². The van der Waals surface area contributed by atoms with E-state index in [0.29, 0.717) is 11.2 Å². The molecule has 3 N–H and O–H groups in total. The number of aromatic hydroxyl groups is 1. The molecule has 154 valence electrons. The van der Waals surface area contributed by atoms with Crippen LogP contribution < -0.4 is 0 Å². The van der Waals surface area contributed by atoms with Crippen LogP contribution in [0.2, 0.25) is 0 Å². The van der Waals surface area contributed by atoms with Gasteiger partial charge in [0.15, 0.2) is 0 Å². The van der Waals surface area contributed by atoms with Crippen molar-refractivity contribution in [1.29, 1.82) is 0 Å². The summed E-state index contributed by atoms with van der Waals surface area (Å²) < 4.78 is 13.9. The lowest BCUT2D eigenvalue weighted by Crippen LogP contribution is -1.84. The van der Waals surface area contributed by atoms with Crippen LogP contribution in [0.4, 0.5) is 4.39 Å². The molecular weight excluding hydrogens is 407 g/mol. The molecule has 0 aliphatic heterocycles. The first-order valence-electron chi connectivity index (χ1n) is 9.88. The molecule has 0 saturated carbocycles. The number of nitrogens with zero attached hydrogens (tertiary/aromatic N) is 4. The standard InChI is InChI=1S/C24H15FN6O/c25-15-7-14(8-16(32)9-15)17-3-6-27-24-18(17)10-21(29-24)23-19-11-20(13-1-4-26-5-2-13)28-12-22(19)30-31-23/h1-12,32H,(H,27,29)(H,30,31). The number of hydrogen-bond acceptors (Lipinski definition) is 5. The first-order valence-corrected chi connectivity index (χ1v) is 9.88. The minimum Gasteiger partial charge on any atom is -0.508 e. The molecule has 0 aliphatic carbocycles. The molecule has 0 bridgehead atoms. The van der Waals surface area contributed by atoms with Crippen molar-refractivity contribution in [1.82, 2.24) is 30.1 Å². The molecule has 0 amide bonds. The number of aromatic amines is 2. The third-order valence-corrected chi connectivity index (χ3v) is 5.40. The van der Waals surface area contributed by atoms with E-state index in [1.807, 2.05) is 24.3 Å². The van der Waals surface area contributed by atoms with Crippen LogP contribution in [0, 0.1) is 5.82 Å². The highest BCUT2D eigenvalue weighted by molar-refractivity contribution is 6.00. The van der Waals surface area contributed by atoms with Gasteiger partial charge in [0.05, 0.1) is 23.1 Å². The Kier molecular flexibility index (Phi) is 3.97. The van der Waals surface area contributed by atoms with E-state index in [2.05, 4.69) is 30.1 Å². The molecule has 1 aromatic carbocycles. The largest absolute Gasteiger partial charge is 0.508 e. The zero-order valence-electron chi connectivity index (χ0n) is 16.5. The SMILES string of the molecule is Oc1cc(F)cc(-c2ccnc3[nH]c(-c4n[nH]c5cnc(-c6ccncc6)cc45)cc23)c1. The number of nitrogens with one attached hydrogen (secondary N) is 2. The maximum atomic E-state index is 13.9. The molecule has 7 nitrogen and oxygen atoms in total. The molecule has 0 spiro atoms. The van der Waals surface area contributed by atoms with Gasteiger partial charge in [-0.25, -0.2) is 9.37 Å². The maximum Gasteiger partial charge on any atom is 0.138 e. The molecule has 0 aliphatic rings. The van der Waals surface area contributed by atoms with Crippen LogP contribution in [-0.2, 0) is 0 Å². The minimum atomic E-state index is -0.504. The average molecular weight is 422 g/mol. The van der Waals surface area contributed by atoms with Gasteiger partial charge in [-0.2, -0.15) is 5.10 Å². The smallest absolute Gasteiger partial charge is 0.138 e. The van der Waals surface area contributed by atoms with E-state index < -0.39 is 5.82 Å². The molecule has 0 radical (unpaired) electrons. The lowest BCUT2D eigenvalue weighted by atomic mass is 10.0. The molecule has 5 aromatic heterocycles. The second kappa shape index (κ2) is 6.98. The lowest BCUT2D eigenvalue weighted by Gasteiger charge is -2.04. The van der Waals surface area contributed by atoms with Crippen LogP contribution in [0.3, 0.4) is 0 Å². The molecule has 0 saturated heterocycles. The van der Waals surface area contributed by atoms with E-state index in [0.717, 1.165) is 50.6 Å². The van der Waals surface area contributed by atoms with Gasteiger partial charge in [0.25, 0.3) is 0 Å². The minimum absolute atomic E-state index is 0.129. The maximum absolute atomic E-state index is 13.9. The Morgan fingerprint density at radius 1 is 0.844 bits per heavy atom. The third kappa shape index (κ3) is 2.97. The molecule has 5 heterocycles. The van der Waals surface area contributed by atoms with Crippen molar-refractivity contribution in [3.63, 3.8) is 0 Å². The molecule has 32 heavy (non-hydrogen) atoms. The number of aromatic nitrogens is 6. The van der Waals surface area contributed by atoms with Crippen LogP contribution >= 0.6 is 0 Å². The number of fused-ring (bicyclic) bond motifs is 2. The number of hydrogen-bond donors (Lipinski definition) is 3. The van der Waals surface area contributed by atoms with E-state index in [-0.39, 0.29) is 5.75 Å². The van der Waals surface area contributed by atoms with E-state index in [1.165, 1.54) is 12.1 Å². The zero-order chi connectivity index (χ0) is 21.7. The van der Waals surface area contributed by atoms with Crippen molar-refractivity contribution < 1.29 is 9.50 Å². The molecular formula is C24H15FN6O. The Morgan fingerprint density at radius 3 is 2.56 bits per heavy atom. The van der Waals surface area contributed by atoms with Crippen LogP contribution in [0.15, 0.2) is 73.3 Å². The second-order valence-electron chi connectivity index (χ2n) is 7.43. The van der Waals surface area contributed by atoms with Crippen LogP contribution in [0.1, 0.15) is 0 Å². The Labute approximate surface area is 180 Å². The molecule has 0 unspecified atom stereocenters. The summed E-state index contributed by atoms with van der Waals surface area (Å²) in [5, 5.41) is 19.1. The predicted octanol–water partition coefficient (Wildman–Crippen LogP) is 5.07. The number of phenolic OH excluding ortho intramolecular Hbond substituents is 1. The van der Waals surface area contributed by atoms with Crippen molar-refractivity contribution >= 4 is 21.9 Å². The summed E-state index contributed by atoms with van der Waals surface area (Å²) in [6.07, 6.45) is 6.86. The van der Waals surface area contributed by atoms with Gasteiger partial charge in [-0.1, -0.05) is 0 Å². The topological polar surface area (TPSA) is 103 Å². The molecule has 0 fully saturated rings. The average Bonchev–Trinajstić information content (AvgIpc) is 3.42. The predicted molar refractivity (Wildman–Crippen MR) is 119 cm³/mol. The quantitative estimate of drug-likeness (QED) is 0.369. The number of benzene rings is 1. The number of rotatable bonds is 3. The number of phenols is 1. The van der Waals surface area contributed by atoms with Crippen LogP contribution in [-0.4, -0.2) is 35.2 Å². The van der Waals surface area contributed by atoms with Gasteiger partial charge in [0, 0.05) is 41.0 Å². The van der Waals surface area contributed by atoms with Gasteiger partial charge in [0.1, 0.15) is 22.9 Å². The monoisotopic (exact) mass is 422 g/mol. The number of halogens is 1. The first kappa shape index (κ1) is 18.2. The van der Waals surface area contributed by atoms with Crippen molar-refractivity contribution in [2.75, 3.05) is 0 Å². The fourth-order valence-corrected chi connectivity index (χ4v) is 3.94. The van der Waals surface area contributed by atoms with Gasteiger partial charge in [-0.05, 0) is 53.6 Å². The highest BCUT2D eigenvalue weighted by Crippen LogP contribution is 2.35. The Balaban J connectivity index is 1.52. The van der Waals surface area contributed by atoms with Gasteiger partial charge in [-0.3, -0.25) is 15.1 Å². The Morgan fingerprint density at radius 2 is 1.72 bits per heavy atom. The lowest BCUT2D eigenvalue weighted by molar-refractivity contribution is 0.469. The molecule has 6 rings (SSSR count). The van der Waals surface area contributed by atoms with Crippen LogP contribution in [0.5, 0.6) is 5.75 Å². The highest BCUT2D eigenvalue weighted by Gasteiger charge is 2.16. The molecule has 6 aromatic rings. The van der Waals surface area contributed by atoms with E-state index >= 15 is 0 Å². The fourth-order valence-electron chi connectivity index (χ4n) is 3.94. The second-order valence-corrected chi connectivity index (χ2v) is 7.43. The normalized spacial score (nSPS) is 11.4. The van der Waals surface area contributed by atoms with E-state index in [4.69, 9.17) is 0 Å². The van der Waals surface area contributed by atoms with Crippen molar-refractivity contribution in [2.45, 2.75) is 0 Å². The summed E-state index contributed by atoms with van der Waals surface area (Å²) in [6.45, 7) is 0. The molecule has 0 atom stereocenters. The number of H-pyrrole nitrogens is 2.